The number of fused-ring (bicyclic) bond motifs is 11. The molecule has 0 N–H and O–H groups in total. The van der Waals surface area contributed by atoms with E-state index in [0.717, 1.165) is 0 Å². The van der Waals surface area contributed by atoms with Gasteiger partial charge in [-0.05, 0) is 155 Å². The molecule has 0 unspecified atom stereocenters. The van der Waals surface area contributed by atoms with E-state index >= 15 is 0 Å². The molecule has 14 rings (SSSR count). The number of nitrogens with zero attached hydrogens (tertiary/aromatic N) is 2. The van der Waals surface area contributed by atoms with E-state index < -0.39 is 0 Å². The van der Waals surface area contributed by atoms with Gasteiger partial charge in [-0.3, -0.25) is 0 Å². The Hall–Kier alpha value is -6.44. The Bertz CT molecular complexity index is 4090. The van der Waals surface area contributed by atoms with Crippen molar-refractivity contribution in [1.29, 1.82) is 0 Å². The standard InChI is InChI=1S/C64H53BN2S3/c1-62(2,3)39-21-25-42(26-22-39)67-51-35-43(66-49-27-23-40(63(4,5)6)32-45(49)46-33-41(64(7,8)9)24-28-50(46)66)34-47-44-18-14-20-53-56(44)58(60(69-53)55-31-38-17-12-13-19-52(38)68-55)65(57(47)51)61-59(67)48-29-36-15-10-11-16-37(36)30-54(48)70-61/h10-35H,1-9H3. The molecule has 0 spiro atoms. The van der Waals surface area contributed by atoms with Crippen LogP contribution in [0.25, 0.3) is 89.4 Å². The summed E-state index contributed by atoms with van der Waals surface area (Å²) in [5.41, 5.74) is 17.0. The van der Waals surface area contributed by atoms with Crippen molar-refractivity contribution in [2.45, 2.75) is 78.6 Å². The van der Waals surface area contributed by atoms with Crippen LogP contribution >= 0.6 is 34.0 Å². The maximum Gasteiger partial charge on any atom is 0.262 e. The molecule has 0 bridgehead atoms. The third-order valence-corrected chi connectivity index (χ3v) is 19.1. The molecule has 6 heteroatoms. The minimum absolute atomic E-state index is 0.0102. The molecule has 70 heavy (non-hydrogen) atoms. The number of anilines is 3. The van der Waals surface area contributed by atoms with Gasteiger partial charge in [0.15, 0.2) is 0 Å². The van der Waals surface area contributed by atoms with Crippen LogP contribution in [0.5, 0.6) is 0 Å². The van der Waals surface area contributed by atoms with Crippen LogP contribution in [0.15, 0.2) is 158 Å². The van der Waals surface area contributed by atoms with Gasteiger partial charge in [0.1, 0.15) is 0 Å². The lowest BCUT2D eigenvalue weighted by Gasteiger charge is -2.39. The smallest absolute Gasteiger partial charge is 0.262 e. The van der Waals surface area contributed by atoms with Crippen molar-refractivity contribution in [2.75, 3.05) is 4.90 Å². The first-order valence-corrected chi connectivity index (χ1v) is 27.2. The predicted molar refractivity (Wildman–Crippen MR) is 311 cm³/mol. The maximum atomic E-state index is 2.66. The molecular weight excluding hydrogens is 904 g/mol. The largest absolute Gasteiger partial charge is 0.310 e. The highest BCUT2D eigenvalue weighted by atomic mass is 32.1. The average molecular weight is 957 g/mol. The summed E-state index contributed by atoms with van der Waals surface area (Å²) in [6, 6.07) is 61.4. The Labute approximate surface area is 422 Å². The highest BCUT2D eigenvalue weighted by Crippen LogP contribution is 2.51. The van der Waals surface area contributed by atoms with Gasteiger partial charge >= 0.3 is 0 Å². The Morgan fingerprint density at radius 1 is 0.429 bits per heavy atom. The number of thiophene rings is 3. The van der Waals surface area contributed by atoms with Crippen molar-refractivity contribution in [3.8, 4) is 26.6 Å². The fourth-order valence-electron chi connectivity index (χ4n) is 11.8. The topological polar surface area (TPSA) is 8.17 Å². The fraction of sp³-hybridized carbons (Fsp3) is 0.188. The van der Waals surface area contributed by atoms with Crippen LogP contribution < -0.4 is 20.6 Å². The Balaban J connectivity index is 1.14. The molecule has 4 aromatic heterocycles. The Morgan fingerprint density at radius 2 is 1.04 bits per heavy atom. The number of hydrogen-bond donors (Lipinski definition) is 0. The summed E-state index contributed by atoms with van der Waals surface area (Å²) >= 11 is 5.92. The average Bonchev–Trinajstić information content (AvgIpc) is 4.12. The Kier molecular flexibility index (Phi) is 8.84. The number of aromatic nitrogens is 1. The summed E-state index contributed by atoms with van der Waals surface area (Å²) in [6.07, 6.45) is 0. The monoisotopic (exact) mass is 956 g/mol. The number of hydrogen-bond acceptors (Lipinski definition) is 4. The van der Waals surface area contributed by atoms with Gasteiger partial charge in [0, 0.05) is 61.9 Å². The van der Waals surface area contributed by atoms with E-state index in [2.05, 4.69) is 230 Å². The highest BCUT2D eigenvalue weighted by molar-refractivity contribution is 7.36. The quantitative estimate of drug-likeness (QED) is 0.160. The van der Waals surface area contributed by atoms with Gasteiger partial charge in [-0.2, -0.15) is 0 Å². The molecule has 0 radical (unpaired) electrons. The van der Waals surface area contributed by atoms with Crippen molar-refractivity contribution in [1.82, 2.24) is 4.57 Å². The zero-order valence-corrected chi connectivity index (χ0v) is 43.7. The van der Waals surface area contributed by atoms with Crippen LogP contribution in [0.2, 0.25) is 0 Å². The van der Waals surface area contributed by atoms with Crippen LogP contribution in [0.3, 0.4) is 0 Å². The molecule has 8 aromatic carbocycles. The molecular formula is C64H53BN2S3. The van der Waals surface area contributed by atoms with E-state index in [1.807, 2.05) is 34.0 Å². The first-order valence-electron chi connectivity index (χ1n) is 24.8. The second-order valence-corrected chi connectivity index (χ2v) is 26.2. The first kappa shape index (κ1) is 42.4. The SMILES string of the molecule is CC(C)(C)c1ccc(N2c3cc(-n4c5ccc(C(C)(C)C)cc5c5cc(C(C)(C)C)ccc54)cc4c3B(c3sc5cc6ccccc6cc5c32)c2c(-c3cc5ccccc5s3)sc3cccc-4c23)cc1. The van der Waals surface area contributed by atoms with Crippen molar-refractivity contribution in [3.05, 3.63) is 174 Å². The van der Waals surface area contributed by atoms with Gasteiger partial charge in [0.2, 0.25) is 0 Å². The van der Waals surface area contributed by atoms with Crippen molar-refractivity contribution in [2.24, 2.45) is 0 Å². The second-order valence-electron chi connectivity index (χ2n) is 23.0. The lowest BCUT2D eigenvalue weighted by molar-refractivity contribution is 0.590. The molecule has 6 heterocycles. The summed E-state index contributed by atoms with van der Waals surface area (Å²) in [7, 11) is 0. The molecule has 2 nitrogen and oxygen atoms in total. The highest BCUT2D eigenvalue weighted by Gasteiger charge is 2.46. The zero-order chi connectivity index (χ0) is 47.7. The summed E-state index contributed by atoms with van der Waals surface area (Å²) in [5.74, 6) is 0. The van der Waals surface area contributed by atoms with E-state index in [-0.39, 0.29) is 23.0 Å². The molecule has 2 aliphatic heterocycles. The van der Waals surface area contributed by atoms with Crippen LogP contribution in [0.4, 0.5) is 17.1 Å². The second kappa shape index (κ2) is 14.6. The van der Waals surface area contributed by atoms with Crippen molar-refractivity contribution >= 4 is 136 Å². The third-order valence-electron chi connectivity index (χ3n) is 15.4. The summed E-state index contributed by atoms with van der Waals surface area (Å²) < 4.78 is 8.02. The first-order chi connectivity index (χ1) is 33.6. The number of rotatable bonds is 3. The fourth-order valence-corrected chi connectivity index (χ4v) is 15.6. The van der Waals surface area contributed by atoms with E-state index in [4.69, 9.17) is 0 Å². The molecule has 0 fully saturated rings. The molecule has 2 aliphatic rings. The van der Waals surface area contributed by atoms with E-state index in [9.17, 15) is 0 Å². The molecule has 0 saturated carbocycles. The van der Waals surface area contributed by atoms with Crippen molar-refractivity contribution < 1.29 is 0 Å². The minimum atomic E-state index is 0.0102. The van der Waals surface area contributed by atoms with E-state index in [1.54, 1.807) is 0 Å². The minimum Gasteiger partial charge on any atom is -0.310 e. The zero-order valence-electron chi connectivity index (χ0n) is 41.2. The summed E-state index contributed by atoms with van der Waals surface area (Å²) in [5, 5.41) is 9.19. The lowest BCUT2D eigenvalue weighted by Crippen LogP contribution is -2.58. The molecule has 0 saturated heterocycles. The van der Waals surface area contributed by atoms with Crippen LogP contribution in [-0.4, -0.2) is 11.3 Å². The molecule has 340 valence electrons. The summed E-state index contributed by atoms with van der Waals surface area (Å²) in [4.78, 5) is 5.42. The third kappa shape index (κ3) is 6.15. The van der Waals surface area contributed by atoms with Crippen LogP contribution in [-0.2, 0) is 16.2 Å². The molecule has 0 aliphatic carbocycles. The molecule has 0 amide bonds. The van der Waals surface area contributed by atoms with Crippen molar-refractivity contribution in [3.63, 3.8) is 0 Å². The molecule has 0 atom stereocenters. The van der Waals surface area contributed by atoms with E-state index in [1.165, 1.54) is 139 Å². The van der Waals surface area contributed by atoms with E-state index in [0.29, 0.717) is 0 Å². The Morgan fingerprint density at radius 3 is 1.70 bits per heavy atom. The van der Waals surface area contributed by atoms with Crippen LogP contribution in [0.1, 0.15) is 79.0 Å². The lowest BCUT2D eigenvalue weighted by atomic mass is 9.34. The van der Waals surface area contributed by atoms with Gasteiger partial charge < -0.3 is 9.47 Å². The van der Waals surface area contributed by atoms with Gasteiger partial charge in [0.05, 0.1) is 16.7 Å². The molecule has 12 aromatic rings. The predicted octanol–water partition coefficient (Wildman–Crippen LogP) is 17.4. The number of benzene rings is 8. The van der Waals surface area contributed by atoms with Gasteiger partial charge in [-0.15, -0.1) is 34.0 Å². The van der Waals surface area contributed by atoms with Gasteiger partial charge in [0.25, 0.3) is 6.71 Å². The summed E-state index contributed by atoms with van der Waals surface area (Å²) in [6.45, 7) is 21.0. The van der Waals surface area contributed by atoms with Gasteiger partial charge in [-0.1, -0.05) is 141 Å². The normalized spacial score (nSPS) is 13.7. The van der Waals surface area contributed by atoms with Gasteiger partial charge in [-0.25, -0.2) is 0 Å². The van der Waals surface area contributed by atoms with Crippen LogP contribution in [0, 0.1) is 0 Å². The maximum absolute atomic E-state index is 2.66.